The molecule has 4 atom stereocenters. The zero-order chi connectivity index (χ0) is 24.6. The van der Waals surface area contributed by atoms with Gasteiger partial charge in [-0.3, -0.25) is 9.59 Å². The van der Waals surface area contributed by atoms with Crippen LogP contribution in [0.15, 0.2) is 30.3 Å². The molecule has 182 valence electrons. The Morgan fingerprint density at radius 2 is 1.70 bits per heavy atom. The molecule has 3 amide bonds. The lowest BCUT2D eigenvalue weighted by Crippen LogP contribution is -2.51. The van der Waals surface area contributed by atoms with Crippen molar-refractivity contribution in [3.63, 3.8) is 0 Å². The zero-order valence-electron chi connectivity index (χ0n) is 19.7. The fourth-order valence-electron chi connectivity index (χ4n) is 3.80. The summed E-state index contributed by atoms with van der Waals surface area (Å²) in [6.07, 6.45) is -1.18. The van der Waals surface area contributed by atoms with Crippen molar-refractivity contribution in [3.05, 3.63) is 35.9 Å². The summed E-state index contributed by atoms with van der Waals surface area (Å²) in [6.45, 7) is 6.73. The van der Waals surface area contributed by atoms with E-state index in [2.05, 4.69) is 16.0 Å². The summed E-state index contributed by atoms with van der Waals surface area (Å²) >= 11 is 0. The Balaban J connectivity index is 2.16. The third-order valence-corrected chi connectivity index (χ3v) is 5.21. The highest BCUT2D eigenvalue weighted by Crippen LogP contribution is 2.33. The number of methoxy groups -OCH3 is 1. The maximum absolute atomic E-state index is 12.5. The number of rotatable bonds is 7. The van der Waals surface area contributed by atoms with E-state index in [0.29, 0.717) is 0 Å². The Bertz CT molecular complexity index is 838. The van der Waals surface area contributed by atoms with Gasteiger partial charge in [0.05, 0.1) is 19.1 Å². The van der Waals surface area contributed by atoms with Gasteiger partial charge in [-0.05, 0) is 32.8 Å². The Kier molecular flexibility index (Phi) is 9.07. The number of benzene rings is 1. The van der Waals surface area contributed by atoms with E-state index in [1.165, 1.54) is 14.0 Å². The number of carbonyl (C=O) groups is 4. The fraction of sp³-hybridized carbons (Fsp3) is 0.565. The molecule has 0 saturated heterocycles. The van der Waals surface area contributed by atoms with Gasteiger partial charge in [0.25, 0.3) is 0 Å². The standard InChI is InChI=1S/C23H33N3O7/c1-14(27)24-12-17-18(25-21(29)32-13-15-9-7-6-8-10-15)11-16(20(28)31-5)19(17)26-22(30)33-23(2,3)4/h6-10,16-19H,11-13H2,1-5H3,(H,24,27)(H,25,29)(H,26,30)/t16-,17-,18+,19+/m0/s1. The van der Waals surface area contributed by atoms with Gasteiger partial charge in [0.2, 0.25) is 5.91 Å². The lowest BCUT2D eigenvalue weighted by molar-refractivity contribution is -0.146. The number of alkyl carbamates (subject to hydrolysis) is 2. The van der Waals surface area contributed by atoms with Crippen molar-refractivity contribution >= 4 is 24.1 Å². The van der Waals surface area contributed by atoms with E-state index in [1.54, 1.807) is 20.8 Å². The molecule has 0 radical (unpaired) electrons. The normalized spacial score (nSPS) is 22.1. The number of hydrogen-bond acceptors (Lipinski definition) is 7. The highest BCUT2D eigenvalue weighted by Gasteiger charge is 2.49. The van der Waals surface area contributed by atoms with Crippen LogP contribution in [0.3, 0.4) is 0 Å². The van der Waals surface area contributed by atoms with Gasteiger partial charge in [0, 0.05) is 25.4 Å². The quantitative estimate of drug-likeness (QED) is 0.417. The fourth-order valence-corrected chi connectivity index (χ4v) is 3.80. The smallest absolute Gasteiger partial charge is 0.407 e. The Labute approximate surface area is 193 Å². The molecular weight excluding hydrogens is 430 g/mol. The predicted octanol–water partition coefficient (Wildman–Crippen LogP) is 2.12. The van der Waals surface area contributed by atoms with Gasteiger partial charge in [-0.25, -0.2) is 9.59 Å². The van der Waals surface area contributed by atoms with Crippen LogP contribution in [0.25, 0.3) is 0 Å². The van der Waals surface area contributed by atoms with Crippen LogP contribution in [-0.2, 0) is 30.4 Å². The summed E-state index contributed by atoms with van der Waals surface area (Å²) in [4.78, 5) is 48.9. The summed E-state index contributed by atoms with van der Waals surface area (Å²) in [7, 11) is 1.25. The minimum absolute atomic E-state index is 0.0791. The Morgan fingerprint density at radius 3 is 2.27 bits per heavy atom. The third-order valence-electron chi connectivity index (χ3n) is 5.21. The summed E-state index contributed by atoms with van der Waals surface area (Å²) in [5.41, 5.74) is 0.0842. The van der Waals surface area contributed by atoms with Crippen molar-refractivity contribution in [1.29, 1.82) is 0 Å². The molecule has 0 bridgehead atoms. The van der Waals surface area contributed by atoms with Crippen molar-refractivity contribution in [3.8, 4) is 0 Å². The van der Waals surface area contributed by atoms with Gasteiger partial charge >= 0.3 is 18.2 Å². The number of carbonyl (C=O) groups excluding carboxylic acids is 4. The first-order valence-electron chi connectivity index (χ1n) is 10.8. The molecule has 10 nitrogen and oxygen atoms in total. The van der Waals surface area contributed by atoms with Crippen molar-refractivity contribution in [2.24, 2.45) is 11.8 Å². The second kappa shape index (κ2) is 11.5. The topological polar surface area (TPSA) is 132 Å². The largest absolute Gasteiger partial charge is 0.469 e. The SMILES string of the molecule is COC(=O)[C@H]1C[C@@H](NC(=O)OCc2ccccc2)[C@H](CNC(C)=O)[C@@H]1NC(=O)OC(C)(C)C. The molecule has 1 aromatic rings. The molecule has 3 N–H and O–H groups in total. The molecule has 0 heterocycles. The third kappa shape index (κ3) is 8.28. The Morgan fingerprint density at radius 1 is 1.03 bits per heavy atom. The highest BCUT2D eigenvalue weighted by atomic mass is 16.6. The monoisotopic (exact) mass is 463 g/mol. The van der Waals surface area contributed by atoms with Crippen LogP contribution in [-0.4, -0.2) is 55.4 Å². The van der Waals surface area contributed by atoms with Gasteiger partial charge in [0.1, 0.15) is 12.2 Å². The van der Waals surface area contributed by atoms with Crippen LogP contribution in [0.5, 0.6) is 0 Å². The number of esters is 1. The van der Waals surface area contributed by atoms with E-state index in [4.69, 9.17) is 14.2 Å². The molecule has 1 fully saturated rings. The molecule has 1 aliphatic carbocycles. The van der Waals surface area contributed by atoms with Gasteiger partial charge in [-0.2, -0.15) is 0 Å². The summed E-state index contributed by atoms with van der Waals surface area (Å²) in [5.74, 6) is -2.07. The molecule has 0 unspecified atom stereocenters. The molecule has 0 aromatic heterocycles. The zero-order valence-corrected chi connectivity index (χ0v) is 19.7. The van der Waals surface area contributed by atoms with Crippen LogP contribution >= 0.6 is 0 Å². The van der Waals surface area contributed by atoms with Crippen LogP contribution < -0.4 is 16.0 Å². The summed E-state index contributed by atoms with van der Waals surface area (Å²) in [6, 6.07) is 7.89. The van der Waals surface area contributed by atoms with E-state index in [1.807, 2.05) is 30.3 Å². The number of amides is 3. The molecule has 0 aliphatic heterocycles. The minimum atomic E-state index is -0.749. The highest BCUT2D eigenvalue weighted by molar-refractivity contribution is 5.77. The van der Waals surface area contributed by atoms with E-state index in [9.17, 15) is 19.2 Å². The first-order valence-corrected chi connectivity index (χ1v) is 10.8. The van der Waals surface area contributed by atoms with E-state index in [-0.39, 0.29) is 25.5 Å². The molecule has 1 saturated carbocycles. The van der Waals surface area contributed by atoms with E-state index in [0.717, 1.165) is 5.56 Å². The van der Waals surface area contributed by atoms with Crippen molar-refractivity contribution < 1.29 is 33.4 Å². The lowest BCUT2D eigenvalue weighted by atomic mass is 9.96. The number of ether oxygens (including phenoxy) is 3. The predicted molar refractivity (Wildman–Crippen MR) is 119 cm³/mol. The maximum atomic E-state index is 12.5. The first-order chi connectivity index (χ1) is 15.5. The number of nitrogens with one attached hydrogen (secondary N) is 3. The summed E-state index contributed by atoms with van der Waals surface area (Å²) < 4.78 is 15.6. The van der Waals surface area contributed by atoms with Crippen molar-refractivity contribution in [2.75, 3.05) is 13.7 Å². The van der Waals surface area contributed by atoms with E-state index < -0.39 is 47.7 Å². The van der Waals surface area contributed by atoms with Crippen LogP contribution in [0.1, 0.15) is 39.7 Å². The number of hydrogen-bond donors (Lipinski definition) is 3. The van der Waals surface area contributed by atoms with Crippen LogP contribution in [0.4, 0.5) is 9.59 Å². The van der Waals surface area contributed by atoms with Gasteiger partial charge in [0.15, 0.2) is 0 Å². The van der Waals surface area contributed by atoms with Crippen LogP contribution in [0, 0.1) is 11.8 Å². The molecule has 10 heteroatoms. The average Bonchev–Trinajstić information content (AvgIpc) is 3.06. The van der Waals surface area contributed by atoms with Crippen LogP contribution in [0.2, 0.25) is 0 Å². The van der Waals surface area contributed by atoms with E-state index >= 15 is 0 Å². The van der Waals surface area contributed by atoms with Crippen molar-refractivity contribution in [2.45, 2.75) is 58.4 Å². The molecular formula is C23H33N3O7. The molecule has 33 heavy (non-hydrogen) atoms. The first kappa shape index (κ1) is 26.0. The maximum Gasteiger partial charge on any atom is 0.407 e. The molecule has 0 spiro atoms. The van der Waals surface area contributed by atoms with Gasteiger partial charge < -0.3 is 30.2 Å². The molecule has 1 aliphatic rings. The van der Waals surface area contributed by atoms with Crippen molar-refractivity contribution in [1.82, 2.24) is 16.0 Å². The molecule has 2 rings (SSSR count). The second-order valence-electron chi connectivity index (χ2n) is 8.95. The molecule has 1 aromatic carbocycles. The van der Waals surface area contributed by atoms with Gasteiger partial charge in [-0.1, -0.05) is 30.3 Å². The minimum Gasteiger partial charge on any atom is -0.469 e. The lowest BCUT2D eigenvalue weighted by Gasteiger charge is -2.29. The Hall–Kier alpha value is -3.30. The average molecular weight is 464 g/mol. The van der Waals surface area contributed by atoms with Gasteiger partial charge in [-0.15, -0.1) is 0 Å². The second-order valence-corrected chi connectivity index (χ2v) is 8.95. The summed E-state index contributed by atoms with van der Waals surface area (Å²) in [5, 5.41) is 8.20.